The van der Waals surface area contributed by atoms with Crippen LogP contribution in [0.2, 0.25) is 5.02 Å². The van der Waals surface area contributed by atoms with Gasteiger partial charge in [-0.25, -0.2) is 0 Å². The number of aliphatic hydroxyl groups is 1. The van der Waals surface area contributed by atoms with E-state index in [1.54, 1.807) is 12.1 Å². The summed E-state index contributed by atoms with van der Waals surface area (Å²) in [5.41, 5.74) is 0.698. The maximum Gasteiger partial charge on any atom is 0.162 e. The molecule has 0 radical (unpaired) electrons. The van der Waals surface area contributed by atoms with Crippen LogP contribution in [0.25, 0.3) is 0 Å². The van der Waals surface area contributed by atoms with E-state index >= 15 is 0 Å². The van der Waals surface area contributed by atoms with Crippen LogP contribution in [0.3, 0.4) is 0 Å². The average Bonchev–Trinajstić information content (AvgIpc) is 2.18. The number of rotatable bonds is 4. The number of methoxy groups -OCH3 is 1. The van der Waals surface area contributed by atoms with Crippen LogP contribution in [-0.4, -0.2) is 23.9 Å². The van der Waals surface area contributed by atoms with E-state index in [9.17, 15) is 5.11 Å². The summed E-state index contributed by atoms with van der Waals surface area (Å²) in [7, 11) is 1.47. The van der Waals surface area contributed by atoms with Gasteiger partial charge in [-0.15, -0.1) is 0 Å². The zero-order valence-corrected chi connectivity index (χ0v) is 8.71. The molecule has 2 N–H and O–H groups in total. The first kappa shape index (κ1) is 11.1. The van der Waals surface area contributed by atoms with Crippen LogP contribution >= 0.6 is 11.6 Å². The minimum Gasteiger partial charge on any atom is -0.504 e. The third kappa shape index (κ3) is 2.53. The lowest BCUT2D eigenvalue weighted by atomic mass is 10.1. The van der Waals surface area contributed by atoms with Gasteiger partial charge in [0.1, 0.15) is 0 Å². The highest BCUT2D eigenvalue weighted by molar-refractivity contribution is 6.30. The minimum absolute atomic E-state index is 0.0915. The third-order valence-corrected chi connectivity index (χ3v) is 2.16. The molecule has 0 spiro atoms. The number of phenols is 1. The van der Waals surface area contributed by atoms with E-state index in [0.717, 1.165) is 0 Å². The molecule has 0 aliphatic carbocycles. The van der Waals surface area contributed by atoms with Gasteiger partial charge in [-0.05, 0) is 24.5 Å². The average molecular weight is 217 g/mol. The van der Waals surface area contributed by atoms with Gasteiger partial charge in [0, 0.05) is 17.7 Å². The second kappa shape index (κ2) is 5.08. The number of ether oxygens (including phenoxy) is 1. The number of hydrogen-bond acceptors (Lipinski definition) is 3. The molecule has 0 fully saturated rings. The van der Waals surface area contributed by atoms with Crippen molar-refractivity contribution in [3.05, 3.63) is 22.7 Å². The highest BCUT2D eigenvalue weighted by atomic mass is 35.5. The summed E-state index contributed by atoms with van der Waals surface area (Å²) in [5, 5.41) is 18.9. The molecule has 0 aliphatic rings. The highest BCUT2D eigenvalue weighted by Crippen LogP contribution is 2.33. The zero-order chi connectivity index (χ0) is 10.6. The highest BCUT2D eigenvalue weighted by Gasteiger charge is 2.09. The van der Waals surface area contributed by atoms with Gasteiger partial charge in [0.15, 0.2) is 11.5 Å². The fraction of sp³-hybridized carbons (Fsp3) is 0.400. The number of phenolic OH excluding ortho intramolecular Hbond substituents is 1. The first-order chi connectivity index (χ1) is 6.69. The number of halogens is 1. The van der Waals surface area contributed by atoms with Crippen LogP contribution < -0.4 is 4.74 Å². The number of hydrogen-bond donors (Lipinski definition) is 2. The monoisotopic (exact) mass is 216 g/mol. The Morgan fingerprint density at radius 1 is 1.43 bits per heavy atom. The fourth-order valence-electron chi connectivity index (χ4n) is 1.24. The van der Waals surface area contributed by atoms with E-state index in [0.29, 0.717) is 29.2 Å². The van der Waals surface area contributed by atoms with Gasteiger partial charge in [-0.2, -0.15) is 0 Å². The Hall–Kier alpha value is -0.930. The van der Waals surface area contributed by atoms with Crippen molar-refractivity contribution in [3.63, 3.8) is 0 Å². The second-order valence-corrected chi connectivity index (χ2v) is 3.38. The molecule has 1 rings (SSSR count). The van der Waals surface area contributed by atoms with Gasteiger partial charge in [0.05, 0.1) is 7.11 Å². The minimum atomic E-state index is 0.0915. The van der Waals surface area contributed by atoms with Crippen molar-refractivity contribution in [2.45, 2.75) is 12.8 Å². The molecular formula is C10H13ClO3. The van der Waals surface area contributed by atoms with Crippen molar-refractivity contribution in [3.8, 4) is 11.5 Å². The predicted molar refractivity (Wildman–Crippen MR) is 55.1 cm³/mol. The van der Waals surface area contributed by atoms with Crippen LogP contribution in [0.5, 0.6) is 11.5 Å². The standard InChI is InChI=1S/C10H13ClO3/c1-14-9-6-8(11)5-7(10(9)13)3-2-4-12/h5-6,12-13H,2-4H2,1H3. The van der Waals surface area contributed by atoms with Gasteiger partial charge < -0.3 is 14.9 Å². The SMILES string of the molecule is COc1cc(Cl)cc(CCCO)c1O. The smallest absolute Gasteiger partial charge is 0.162 e. The summed E-state index contributed by atoms with van der Waals surface area (Å²) < 4.78 is 4.95. The van der Waals surface area contributed by atoms with E-state index in [4.69, 9.17) is 21.4 Å². The molecule has 1 aromatic carbocycles. The Bertz CT molecular complexity index is 312. The van der Waals surface area contributed by atoms with Crippen LogP contribution in [0, 0.1) is 0 Å². The topological polar surface area (TPSA) is 49.7 Å². The molecule has 0 atom stereocenters. The molecule has 0 bridgehead atoms. The Morgan fingerprint density at radius 3 is 2.71 bits per heavy atom. The fourth-order valence-corrected chi connectivity index (χ4v) is 1.47. The van der Waals surface area contributed by atoms with E-state index in [1.807, 2.05) is 0 Å². The summed E-state index contributed by atoms with van der Waals surface area (Å²) in [6.07, 6.45) is 1.18. The van der Waals surface area contributed by atoms with Crippen molar-refractivity contribution in [2.24, 2.45) is 0 Å². The molecule has 0 heterocycles. The molecule has 0 saturated carbocycles. The summed E-state index contributed by atoms with van der Waals surface area (Å²) in [6.45, 7) is 0.0915. The zero-order valence-electron chi connectivity index (χ0n) is 7.96. The molecule has 0 aromatic heterocycles. The van der Waals surface area contributed by atoms with Crippen LogP contribution in [0.15, 0.2) is 12.1 Å². The Kier molecular flexibility index (Phi) is 4.04. The van der Waals surface area contributed by atoms with Gasteiger partial charge in [-0.3, -0.25) is 0 Å². The second-order valence-electron chi connectivity index (χ2n) is 2.94. The third-order valence-electron chi connectivity index (χ3n) is 1.94. The molecule has 3 nitrogen and oxygen atoms in total. The summed E-state index contributed by atoms with van der Waals surface area (Å²) >= 11 is 5.83. The summed E-state index contributed by atoms with van der Waals surface area (Å²) in [5.74, 6) is 0.468. The lowest BCUT2D eigenvalue weighted by molar-refractivity contribution is 0.287. The molecule has 4 heteroatoms. The van der Waals surface area contributed by atoms with E-state index < -0.39 is 0 Å². The maximum absolute atomic E-state index is 9.67. The quantitative estimate of drug-likeness (QED) is 0.809. The number of aromatic hydroxyl groups is 1. The van der Waals surface area contributed by atoms with Gasteiger partial charge in [-0.1, -0.05) is 11.6 Å². The van der Waals surface area contributed by atoms with E-state index in [2.05, 4.69) is 0 Å². The lowest BCUT2D eigenvalue weighted by Gasteiger charge is -2.09. The van der Waals surface area contributed by atoms with Crippen molar-refractivity contribution in [2.75, 3.05) is 13.7 Å². The first-order valence-corrected chi connectivity index (χ1v) is 4.73. The van der Waals surface area contributed by atoms with Gasteiger partial charge in [0.2, 0.25) is 0 Å². The Morgan fingerprint density at radius 2 is 2.14 bits per heavy atom. The van der Waals surface area contributed by atoms with Gasteiger partial charge in [0.25, 0.3) is 0 Å². The molecule has 0 saturated heterocycles. The first-order valence-electron chi connectivity index (χ1n) is 4.35. The van der Waals surface area contributed by atoms with Crippen LogP contribution in [-0.2, 0) is 6.42 Å². The molecule has 78 valence electrons. The van der Waals surface area contributed by atoms with Crippen molar-refractivity contribution in [1.29, 1.82) is 0 Å². The number of benzene rings is 1. The molecule has 0 unspecified atom stereocenters. The Labute approximate surface area is 87.9 Å². The molecular weight excluding hydrogens is 204 g/mol. The van der Waals surface area contributed by atoms with E-state index in [-0.39, 0.29) is 12.4 Å². The Balaban J connectivity index is 2.96. The van der Waals surface area contributed by atoms with Crippen molar-refractivity contribution >= 4 is 11.6 Å². The normalized spacial score (nSPS) is 10.2. The van der Waals surface area contributed by atoms with E-state index in [1.165, 1.54) is 7.11 Å². The van der Waals surface area contributed by atoms with Crippen LogP contribution in [0.4, 0.5) is 0 Å². The van der Waals surface area contributed by atoms with Crippen molar-refractivity contribution in [1.82, 2.24) is 0 Å². The largest absolute Gasteiger partial charge is 0.504 e. The summed E-state index contributed by atoms with van der Waals surface area (Å²) in [6, 6.07) is 3.23. The van der Waals surface area contributed by atoms with Crippen LogP contribution in [0.1, 0.15) is 12.0 Å². The molecule has 1 aromatic rings. The lowest BCUT2D eigenvalue weighted by Crippen LogP contribution is -1.93. The van der Waals surface area contributed by atoms with Gasteiger partial charge >= 0.3 is 0 Å². The molecule has 0 aliphatic heterocycles. The maximum atomic E-state index is 9.67. The summed E-state index contributed by atoms with van der Waals surface area (Å²) in [4.78, 5) is 0. The number of aryl methyl sites for hydroxylation is 1. The molecule has 14 heavy (non-hydrogen) atoms. The predicted octanol–water partition coefficient (Wildman–Crippen LogP) is 1.98. The van der Waals surface area contributed by atoms with Crippen molar-refractivity contribution < 1.29 is 14.9 Å². The number of aliphatic hydroxyl groups excluding tert-OH is 1. The molecule has 0 amide bonds.